The van der Waals surface area contributed by atoms with Crippen molar-refractivity contribution in [1.82, 2.24) is 5.32 Å². The van der Waals surface area contributed by atoms with Gasteiger partial charge in [-0.05, 0) is 34.5 Å². The van der Waals surface area contributed by atoms with Crippen LogP contribution in [0.25, 0.3) is 10.8 Å². The van der Waals surface area contributed by atoms with Gasteiger partial charge < -0.3 is 11.1 Å². The van der Waals surface area contributed by atoms with Crippen molar-refractivity contribution in [2.45, 2.75) is 18.6 Å². The minimum atomic E-state index is -4.57. The molecule has 0 aliphatic rings. The molecule has 3 N–H and O–H groups in total. The van der Waals surface area contributed by atoms with Gasteiger partial charge in [0.15, 0.2) is 0 Å². The number of rotatable bonds is 5. The molecule has 0 aromatic heterocycles. The quantitative estimate of drug-likeness (QED) is 0.702. The molecule has 3 rings (SSSR count). The number of primary amides is 1. The summed E-state index contributed by atoms with van der Waals surface area (Å²) in [6, 6.07) is 16.2. The molecule has 0 aliphatic carbocycles. The minimum absolute atomic E-state index is 0.130. The van der Waals surface area contributed by atoms with Crippen LogP contribution in [0.5, 0.6) is 0 Å². The molecular formula is C21H17F3N2O2. The fourth-order valence-electron chi connectivity index (χ4n) is 2.90. The predicted molar refractivity (Wildman–Crippen MR) is 99.5 cm³/mol. The molecule has 3 aromatic rings. The Morgan fingerprint density at radius 1 is 0.929 bits per heavy atom. The Balaban J connectivity index is 1.79. The van der Waals surface area contributed by atoms with Crippen molar-refractivity contribution in [1.29, 1.82) is 0 Å². The summed E-state index contributed by atoms with van der Waals surface area (Å²) in [5, 5.41) is 4.42. The van der Waals surface area contributed by atoms with Gasteiger partial charge in [-0.1, -0.05) is 48.5 Å². The molecule has 3 aromatic carbocycles. The van der Waals surface area contributed by atoms with Crippen molar-refractivity contribution in [3.05, 3.63) is 83.4 Å². The van der Waals surface area contributed by atoms with Crippen LogP contribution in [-0.4, -0.2) is 17.9 Å². The maximum atomic E-state index is 12.8. The zero-order valence-electron chi connectivity index (χ0n) is 14.7. The Bertz CT molecular complexity index is 1030. The number of alkyl halides is 3. The Labute approximate surface area is 159 Å². The lowest BCUT2D eigenvalue weighted by molar-refractivity contribution is -0.137. The second-order valence-electron chi connectivity index (χ2n) is 6.39. The highest BCUT2D eigenvalue weighted by Crippen LogP contribution is 2.29. The van der Waals surface area contributed by atoms with Crippen LogP contribution in [0.1, 0.15) is 21.5 Å². The molecular weight excluding hydrogens is 369 g/mol. The smallest absolute Gasteiger partial charge is 0.368 e. The van der Waals surface area contributed by atoms with E-state index in [0.717, 1.165) is 34.5 Å². The Morgan fingerprint density at radius 3 is 2.32 bits per heavy atom. The molecule has 28 heavy (non-hydrogen) atoms. The average molecular weight is 386 g/mol. The van der Waals surface area contributed by atoms with E-state index in [1.807, 2.05) is 42.5 Å². The van der Waals surface area contributed by atoms with Gasteiger partial charge in [-0.2, -0.15) is 13.2 Å². The molecule has 0 saturated heterocycles. The maximum absolute atomic E-state index is 12.8. The van der Waals surface area contributed by atoms with Gasteiger partial charge >= 0.3 is 6.18 Å². The number of carbonyl (C=O) groups is 2. The highest BCUT2D eigenvalue weighted by atomic mass is 19.4. The standard InChI is InChI=1S/C21H17F3N2O2/c22-21(23,24)17-7-3-6-16(12-17)20(28)26-18(19(25)27)11-13-8-9-14-4-1-2-5-15(14)10-13/h1-10,12,18H,11H2,(H2,25,27)(H,26,28)/t18-/m1/s1. The summed E-state index contributed by atoms with van der Waals surface area (Å²) >= 11 is 0. The number of halogens is 3. The zero-order chi connectivity index (χ0) is 20.3. The number of fused-ring (bicyclic) bond motifs is 1. The van der Waals surface area contributed by atoms with Crippen LogP contribution in [0.2, 0.25) is 0 Å². The van der Waals surface area contributed by atoms with Gasteiger partial charge in [0.05, 0.1) is 5.56 Å². The Hall–Kier alpha value is -3.35. The molecule has 4 nitrogen and oxygen atoms in total. The fraction of sp³-hybridized carbons (Fsp3) is 0.143. The van der Waals surface area contributed by atoms with Gasteiger partial charge in [0.1, 0.15) is 6.04 Å². The molecule has 0 fully saturated rings. The molecule has 0 bridgehead atoms. The minimum Gasteiger partial charge on any atom is -0.368 e. The van der Waals surface area contributed by atoms with Crippen molar-refractivity contribution in [2.75, 3.05) is 0 Å². The lowest BCUT2D eigenvalue weighted by atomic mass is 10.0. The van der Waals surface area contributed by atoms with Crippen LogP contribution < -0.4 is 11.1 Å². The third kappa shape index (κ3) is 4.49. The van der Waals surface area contributed by atoms with E-state index in [4.69, 9.17) is 5.73 Å². The van der Waals surface area contributed by atoms with Gasteiger partial charge in [0, 0.05) is 12.0 Å². The number of hydrogen-bond acceptors (Lipinski definition) is 2. The highest BCUT2D eigenvalue weighted by molar-refractivity contribution is 5.97. The summed E-state index contributed by atoms with van der Waals surface area (Å²) in [4.78, 5) is 24.1. The van der Waals surface area contributed by atoms with E-state index in [9.17, 15) is 22.8 Å². The SMILES string of the molecule is NC(=O)[C@@H](Cc1ccc2ccccc2c1)NC(=O)c1cccc(C(F)(F)F)c1. The van der Waals surface area contributed by atoms with Crippen LogP contribution in [-0.2, 0) is 17.4 Å². The van der Waals surface area contributed by atoms with Crippen molar-refractivity contribution >= 4 is 22.6 Å². The summed E-state index contributed by atoms with van der Waals surface area (Å²) in [5.41, 5.74) is 5.02. The first-order chi connectivity index (χ1) is 13.2. The number of benzene rings is 3. The first-order valence-electron chi connectivity index (χ1n) is 8.49. The molecule has 0 saturated carbocycles. The number of amides is 2. The number of nitrogens with two attached hydrogens (primary N) is 1. The first-order valence-corrected chi connectivity index (χ1v) is 8.49. The van der Waals surface area contributed by atoms with Gasteiger partial charge in [0.2, 0.25) is 5.91 Å². The lowest BCUT2D eigenvalue weighted by Gasteiger charge is -2.16. The molecule has 0 unspecified atom stereocenters. The van der Waals surface area contributed by atoms with Crippen LogP contribution in [0.15, 0.2) is 66.7 Å². The number of hydrogen-bond donors (Lipinski definition) is 2. The second-order valence-corrected chi connectivity index (χ2v) is 6.39. The van der Waals surface area contributed by atoms with Crippen molar-refractivity contribution < 1.29 is 22.8 Å². The summed E-state index contributed by atoms with van der Waals surface area (Å²) < 4.78 is 38.5. The number of nitrogens with one attached hydrogen (secondary N) is 1. The monoisotopic (exact) mass is 386 g/mol. The molecule has 1 atom stereocenters. The molecule has 0 spiro atoms. The summed E-state index contributed by atoms with van der Waals surface area (Å²) in [6.45, 7) is 0. The van der Waals surface area contributed by atoms with Gasteiger partial charge in [0.25, 0.3) is 5.91 Å². The third-order valence-corrected chi connectivity index (χ3v) is 4.35. The Kier molecular flexibility index (Phi) is 5.35. The fourth-order valence-corrected chi connectivity index (χ4v) is 2.90. The van der Waals surface area contributed by atoms with E-state index in [1.54, 1.807) is 0 Å². The van der Waals surface area contributed by atoms with E-state index in [2.05, 4.69) is 5.32 Å². The molecule has 2 amide bonds. The first kappa shape index (κ1) is 19.4. The Morgan fingerprint density at radius 2 is 1.64 bits per heavy atom. The zero-order valence-corrected chi connectivity index (χ0v) is 14.7. The maximum Gasteiger partial charge on any atom is 0.416 e. The largest absolute Gasteiger partial charge is 0.416 e. The van der Waals surface area contributed by atoms with Crippen LogP contribution in [0, 0.1) is 0 Å². The van der Waals surface area contributed by atoms with Crippen LogP contribution >= 0.6 is 0 Å². The van der Waals surface area contributed by atoms with E-state index in [1.165, 1.54) is 6.07 Å². The van der Waals surface area contributed by atoms with E-state index < -0.39 is 29.6 Å². The summed E-state index contributed by atoms with van der Waals surface area (Å²) in [5.74, 6) is -1.57. The lowest BCUT2D eigenvalue weighted by Crippen LogP contribution is -2.45. The van der Waals surface area contributed by atoms with Crippen molar-refractivity contribution in [3.63, 3.8) is 0 Å². The topological polar surface area (TPSA) is 72.2 Å². The van der Waals surface area contributed by atoms with Crippen LogP contribution in [0.3, 0.4) is 0 Å². The molecule has 0 heterocycles. The summed E-state index contributed by atoms with van der Waals surface area (Å²) in [6.07, 6.45) is -4.44. The van der Waals surface area contributed by atoms with E-state index in [0.29, 0.717) is 0 Å². The van der Waals surface area contributed by atoms with Crippen LogP contribution in [0.4, 0.5) is 13.2 Å². The van der Waals surface area contributed by atoms with E-state index >= 15 is 0 Å². The molecule has 144 valence electrons. The summed E-state index contributed by atoms with van der Waals surface area (Å²) in [7, 11) is 0. The molecule has 0 aliphatic heterocycles. The number of carbonyl (C=O) groups excluding carboxylic acids is 2. The van der Waals surface area contributed by atoms with Gasteiger partial charge in [-0.3, -0.25) is 9.59 Å². The van der Waals surface area contributed by atoms with Crippen molar-refractivity contribution in [3.8, 4) is 0 Å². The third-order valence-electron chi connectivity index (χ3n) is 4.35. The highest BCUT2D eigenvalue weighted by Gasteiger charge is 2.31. The van der Waals surface area contributed by atoms with E-state index in [-0.39, 0.29) is 12.0 Å². The van der Waals surface area contributed by atoms with Gasteiger partial charge in [-0.25, -0.2) is 0 Å². The average Bonchev–Trinajstić information content (AvgIpc) is 2.66. The van der Waals surface area contributed by atoms with Crippen molar-refractivity contribution in [2.24, 2.45) is 5.73 Å². The van der Waals surface area contributed by atoms with Gasteiger partial charge in [-0.15, -0.1) is 0 Å². The predicted octanol–water partition coefficient (Wildman–Crippen LogP) is 3.69. The normalized spacial score (nSPS) is 12.5. The second kappa shape index (κ2) is 7.72. The molecule has 7 heteroatoms. The molecule has 0 radical (unpaired) electrons.